The Morgan fingerprint density at radius 2 is 1.94 bits per heavy atom. The van der Waals surface area contributed by atoms with Crippen molar-refractivity contribution < 1.29 is 18.7 Å². The largest absolute Gasteiger partial charge is 0.463 e. The van der Waals surface area contributed by atoms with Crippen LogP contribution in [-0.4, -0.2) is 39.6 Å². The number of hydrogen-bond donors (Lipinski definition) is 2. The van der Waals surface area contributed by atoms with Gasteiger partial charge in [0.05, 0.1) is 31.1 Å². The van der Waals surface area contributed by atoms with Gasteiger partial charge in [0.25, 0.3) is 11.5 Å². The number of carbonyl (C=O) groups excluding carboxylic acids is 1. The van der Waals surface area contributed by atoms with Gasteiger partial charge in [-0.15, -0.1) is 0 Å². The monoisotopic (exact) mass is 491 g/mol. The van der Waals surface area contributed by atoms with Gasteiger partial charge in [-0.25, -0.2) is 4.39 Å². The van der Waals surface area contributed by atoms with Crippen LogP contribution in [0.3, 0.4) is 0 Å². The number of pyridine rings is 2. The van der Waals surface area contributed by atoms with E-state index in [1.165, 1.54) is 18.3 Å². The Balaban J connectivity index is 1.47. The third-order valence-corrected chi connectivity index (χ3v) is 5.55. The fourth-order valence-corrected chi connectivity index (χ4v) is 3.76. The Hall–Kier alpha value is -4.31. The first-order chi connectivity index (χ1) is 17.6. The quantitative estimate of drug-likeness (QED) is 0.334. The van der Waals surface area contributed by atoms with Crippen LogP contribution < -0.4 is 15.6 Å². The molecule has 0 bridgehead atoms. The van der Waals surface area contributed by atoms with E-state index in [0.29, 0.717) is 30.1 Å². The van der Waals surface area contributed by atoms with Gasteiger partial charge in [-0.3, -0.25) is 19.7 Å². The van der Waals surface area contributed by atoms with Crippen LogP contribution in [0.15, 0.2) is 71.8 Å². The second-order valence-electron chi connectivity index (χ2n) is 8.04. The molecule has 186 valence electrons. The number of halogens is 1. The van der Waals surface area contributed by atoms with E-state index in [1.807, 2.05) is 30.3 Å². The Bertz CT molecular complexity index is 1370. The summed E-state index contributed by atoms with van der Waals surface area (Å²) in [6, 6.07) is 16.0. The highest BCUT2D eigenvalue weighted by atomic mass is 19.1. The highest BCUT2D eigenvalue weighted by molar-refractivity contribution is 5.94. The number of hydrogen-bond acceptors (Lipinski definition) is 6. The molecule has 4 aromatic rings. The zero-order valence-corrected chi connectivity index (χ0v) is 19.7. The van der Waals surface area contributed by atoms with Crippen molar-refractivity contribution in [2.75, 3.05) is 14.0 Å². The molecular weight excluding hydrogens is 465 g/mol. The van der Waals surface area contributed by atoms with Gasteiger partial charge in [-0.2, -0.15) is 5.10 Å². The van der Waals surface area contributed by atoms with Crippen molar-refractivity contribution in [3.05, 3.63) is 111 Å². The molecule has 0 unspecified atom stereocenters. The third kappa shape index (κ3) is 6.22. The number of aromatic amines is 1. The minimum Gasteiger partial charge on any atom is -0.463 e. The fourth-order valence-electron chi connectivity index (χ4n) is 3.76. The SMILES string of the molecule is COCc1[nH]nc(C(=O)NCc2cc(OCF)ccn2)c1Cc1ccc(Cn2ccccc2=O)cc1. The van der Waals surface area contributed by atoms with Crippen molar-refractivity contribution in [2.45, 2.75) is 26.1 Å². The van der Waals surface area contributed by atoms with Gasteiger partial charge in [0.2, 0.25) is 6.86 Å². The third-order valence-electron chi connectivity index (χ3n) is 5.55. The average molecular weight is 492 g/mol. The van der Waals surface area contributed by atoms with Crippen LogP contribution in [0.25, 0.3) is 0 Å². The molecule has 0 aliphatic rings. The maximum atomic E-state index is 13.0. The Kier molecular flexibility index (Phi) is 8.20. The van der Waals surface area contributed by atoms with Crippen LogP contribution in [0.1, 0.15) is 38.6 Å². The second kappa shape index (κ2) is 11.9. The van der Waals surface area contributed by atoms with Gasteiger partial charge >= 0.3 is 0 Å². The van der Waals surface area contributed by atoms with Gasteiger partial charge in [-0.05, 0) is 23.3 Å². The molecule has 1 aromatic carbocycles. The lowest BCUT2D eigenvalue weighted by atomic mass is 10.0. The number of ether oxygens (including phenoxy) is 2. The number of H-pyrrole nitrogens is 1. The number of nitrogens with zero attached hydrogens (tertiary/aromatic N) is 3. The number of alkyl halides is 1. The molecule has 0 aliphatic heterocycles. The van der Waals surface area contributed by atoms with E-state index in [4.69, 9.17) is 9.47 Å². The smallest absolute Gasteiger partial charge is 0.272 e. The van der Waals surface area contributed by atoms with Crippen LogP contribution in [0.2, 0.25) is 0 Å². The van der Waals surface area contributed by atoms with Crippen LogP contribution >= 0.6 is 0 Å². The molecule has 0 saturated carbocycles. The molecule has 36 heavy (non-hydrogen) atoms. The Morgan fingerprint density at radius 1 is 1.14 bits per heavy atom. The van der Waals surface area contributed by atoms with Gasteiger partial charge in [0.1, 0.15) is 5.75 Å². The van der Waals surface area contributed by atoms with E-state index < -0.39 is 6.86 Å². The molecule has 0 spiro atoms. The van der Waals surface area contributed by atoms with Gasteiger partial charge in [0, 0.05) is 43.6 Å². The van der Waals surface area contributed by atoms with E-state index in [2.05, 4.69) is 20.5 Å². The first-order valence-corrected chi connectivity index (χ1v) is 11.3. The first kappa shape index (κ1) is 24.8. The molecule has 3 heterocycles. The molecule has 0 saturated heterocycles. The molecule has 2 N–H and O–H groups in total. The van der Waals surface area contributed by atoms with Gasteiger partial charge in [0.15, 0.2) is 5.69 Å². The van der Waals surface area contributed by atoms with Crippen molar-refractivity contribution >= 4 is 5.91 Å². The first-order valence-electron chi connectivity index (χ1n) is 11.3. The predicted molar refractivity (Wildman–Crippen MR) is 130 cm³/mol. The predicted octanol–water partition coefficient (Wildman–Crippen LogP) is 2.99. The minimum absolute atomic E-state index is 0.0586. The van der Waals surface area contributed by atoms with Crippen molar-refractivity contribution in [3.8, 4) is 5.75 Å². The zero-order valence-electron chi connectivity index (χ0n) is 19.7. The zero-order chi connectivity index (χ0) is 25.3. The lowest BCUT2D eigenvalue weighted by Crippen LogP contribution is -2.25. The van der Waals surface area contributed by atoms with E-state index in [1.54, 1.807) is 30.0 Å². The molecule has 0 atom stereocenters. The van der Waals surface area contributed by atoms with E-state index >= 15 is 0 Å². The highest BCUT2D eigenvalue weighted by Crippen LogP contribution is 2.19. The van der Waals surface area contributed by atoms with Crippen LogP contribution in [-0.2, 0) is 30.9 Å². The number of rotatable bonds is 11. The van der Waals surface area contributed by atoms with Crippen LogP contribution in [0.4, 0.5) is 4.39 Å². The summed E-state index contributed by atoms with van der Waals surface area (Å²) in [7, 11) is 1.57. The standard InChI is InChI=1S/C26H26FN5O4/c1-35-16-23-22(12-18-5-7-19(8-6-18)15-32-11-3-2-4-24(32)33)25(31-30-23)26(34)29-14-20-13-21(36-17-27)9-10-28-20/h2-11,13H,12,14-17H2,1H3,(H,29,34)(H,30,31). The summed E-state index contributed by atoms with van der Waals surface area (Å²) in [6.07, 6.45) is 3.70. The minimum atomic E-state index is -0.944. The van der Waals surface area contributed by atoms with Crippen molar-refractivity contribution in [1.82, 2.24) is 25.1 Å². The molecule has 0 radical (unpaired) electrons. The maximum Gasteiger partial charge on any atom is 0.272 e. The summed E-state index contributed by atoms with van der Waals surface area (Å²) >= 11 is 0. The Labute approximate surface area is 206 Å². The number of methoxy groups -OCH3 is 1. The molecule has 3 aromatic heterocycles. The molecule has 10 heteroatoms. The highest BCUT2D eigenvalue weighted by Gasteiger charge is 2.20. The van der Waals surface area contributed by atoms with Crippen molar-refractivity contribution in [2.24, 2.45) is 0 Å². The summed E-state index contributed by atoms with van der Waals surface area (Å²) in [4.78, 5) is 29.1. The summed E-state index contributed by atoms with van der Waals surface area (Å²) in [6.45, 7) is -0.0725. The maximum absolute atomic E-state index is 13.0. The number of carbonyl (C=O) groups is 1. The lowest BCUT2D eigenvalue weighted by Gasteiger charge is -2.09. The van der Waals surface area contributed by atoms with Gasteiger partial charge in [-0.1, -0.05) is 30.3 Å². The summed E-state index contributed by atoms with van der Waals surface area (Å²) < 4.78 is 24.2. The summed E-state index contributed by atoms with van der Waals surface area (Å²) in [5.74, 6) is -0.0394. The fraction of sp³-hybridized carbons (Fsp3) is 0.231. The Morgan fingerprint density at radius 3 is 2.69 bits per heavy atom. The number of benzene rings is 1. The van der Waals surface area contributed by atoms with Crippen molar-refractivity contribution in [3.63, 3.8) is 0 Å². The summed E-state index contributed by atoms with van der Waals surface area (Å²) in [5.41, 5.74) is 4.12. The van der Waals surface area contributed by atoms with Crippen LogP contribution in [0, 0.1) is 0 Å². The van der Waals surface area contributed by atoms with E-state index in [-0.39, 0.29) is 30.3 Å². The topological polar surface area (TPSA) is 111 Å². The molecule has 9 nitrogen and oxygen atoms in total. The molecule has 1 amide bonds. The average Bonchev–Trinajstić information content (AvgIpc) is 3.28. The number of amides is 1. The number of aromatic nitrogens is 4. The summed E-state index contributed by atoms with van der Waals surface area (Å²) in [5, 5.41) is 9.92. The van der Waals surface area contributed by atoms with Crippen LogP contribution in [0.5, 0.6) is 5.75 Å². The van der Waals surface area contributed by atoms with E-state index in [0.717, 1.165) is 16.7 Å². The lowest BCUT2D eigenvalue weighted by molar-refractivity contribution is 0.0944. The second-order valence-corrected chi connectivity index (χ2v) is 8.04. The molecular formula is C26H26FN5O4. The molecule has 0 aliphatic carbocycles. The van der Waals surface area contributed by atoms with Crippen molar-refractivity contribution in [1.29, 1.82) is 0 Å². The normalized spacial score (nSPS) is 10.8. The van der Waals surface area contributed by atoms with Gasteiger partial charge < -0.3 is 19.4 Å². The molecule has 0 fully saturated rings. The van der Waals surface area contributed by atoms with E-state index in [9.17, 15) is 14.0 Å². The number of nitrogens with one attached hydrogen (secondary N) is 2. The molecule has 4 rings (SSSR count).